The summed E-state index contributed by atoms with van der Waals surface area (Å²) >= 11 is 0. The van der Waals surface area contributed by atoms with Crippen LogP contribution in [0.2, 0.25) is 0 Å². The van der Waals surface area contributed by atoms with E-state index in [0.29, 0.717) is 0 Å². The molecule has 0 radical (unpaired) electrons. The molecule has 1 aliphatic carbocycles. The van der Waals surface area contributed by atoms with Crippen molar-refractivity contribution in [2.24, 2.45) is 0 Å². The first-order valence-electron chi connectivity index (χ1n) is 12.0. The lowest BCUT2D eigenvalue weighted by molar-refractivity contribution is 0.652. The maximum atomic E-state index is 2.40. The summed E-state index contributed by atoms with van der Waals surface area (Å²) in [5.74, 6) is 0. The lowest BCUT2D eigenvalue weighted by Crippen LogP contribution is -2.24. The van der Waals surface area contributed by atoms with Crippen LogP contribution in [0.3, 0.4) is 0 Å². The second-order valence-electron chi connectivity index (χ2n) is 9.37. The molecule has 0 unspecified atom stereocenters. The van der Waals surface area contributed by atoms with E-state index in [-0.39, 0.29) is 5.41 Å². The van der Waals surface area contributed by atoms with Crippen LogP contribution in [0.15, 0.2) is 97.1 Å². The fourth-order valence-corrected chi connectivity index (χ4v) is 6.01. The van der Waals surface area contributed by atoms with Crippen molar-refractivity contribution in [3.63, 3.8) is 0 Å². The molecule has 7 rings (SSSR count). The molecule has 160 valence electrons. The third kappa shape index (κ3) is 2.64. The predicted molar refractivity (Wildman–Crippen MR) is 145 cm³/mol. The van der Waals surface area contributed by atoms with Gasteiger partial charge >= 0.3 is 0 Å². The van der Waals surface area contributed by atoms with E-state index in [2.05, 4.69) is 111 Å². The zero-order valence-corrected chi connectivity index (χ0v) is 19.7. The molecule has 0 bridgehead atoms. The van der Waals surface area contributed by atoms with Gasteiger partial charge in [0.25, 0.3) is 0 Å². The number of rotatable bonds is 0. The number of hydrogen-bond donors (Lipinski definition) is 0. The van der Waals surface area contributed by atoms with Crippen LogP contribution in [0.4, 0.5) is 0 Å². The first-order valence-corrected chi connectivity index (χ1v) is 12.0. The lowest BCUT2D eigenvalue weighted by Gasteiger charge is -2.37. The normalized spacial score (nSPS) is 13.7. The minimum absolute atomic E-state index is 0.0807. The van der Waals surface area contributed by atoms with Crippen LogP contribution in [0, 0.1) is 0 Å². The monoisotopic (exact) mass is 424 g/mol. The predicted octanol–water partition coefficient (Wildman–Crippen LogP) is 9.63. The van der Waals surface area contributed by atoms with Crippen molar-refractivity contribution in [3.05, 3.63) is 108 Å². The fourth-order valence-electron chi connectivity index (χ4n) is 6.01. The van der Waals surface area contributed by atoms with Gasteiger partial charge in [-0.25, -0.2) is 0 Å². The Labute approximate surface area is 195 Å². The van der Waals surface area contributed by atoms with Gasteiger partial charge in [-0.3, -0.25) is 0 Å². The molecule has 0 aromatic heterocycles. The first kappa shape index (κ1) is 20.0. The van der Waals surface area contributed by atoms with E-state index in [1.165, 1.54) is 65.3 Å². The minimum Gasteiger partial charge on any atom is -0.0683 e. The fraction of sp³-hybridized carbons (Fsp3) is 0.152. The zero-order chi connectivity index (χ0) is 22.7. The Morgan fingerprint density at radius 2 is 1.18 bits per heavy atom. The van der Waals surface area contributed by atoms with Crippen molar-refractivity contribution < 1.29 is 0 Å². The van der Waals surface area contributed by atoms with Gasteiger partial charge in [0.2, 0.25) is 0 Å². The van der Waals surface area contributed by atoms with E-state index >= 15 is 0 Å². The van der Waals surface area contributed by atoms with E-state index in [9.17, 15) is 0 Å². The largest absolute Gasteiger partial charge is 0.0683 e. The zero-order valence-electron chi connectivity index (χ0n) is 19.7. The van der Waals surface area contributed by atoms with Crippen LogP contribution in [-0.2, 0) is 5.41 Å². The van der Waals surface area contributed by atoms with Crippen molar-refractivity contribution in [1.29, 1.82) is 0 Å². The number of hydrogen-bond acceptors (Lipinski definition) is 0. The minimum atomic E-state index is -0.0807. The molecule has 0 fully saturated rings. The summed E-state index contributed by atoms with van der Waals surface area (Å²) in [7, 11) is 0. The topological polar surface area (TPSA) is 0 Å². The SMILES string of the molecule is CC.CC1(C)c2ccc3c(ccc4ccccc43)c2-c2cccc3cc4ccccc4c1c23. The second-order valence-corrected chi connectivity index (χ2v) is 9.37. The molecule has 6 aromatic carbocycles. The highest BCUT2D eigenvalue weighted by Gasteiger charge is 2.35. The molecular weight excluding hydrogens is 396 g/mol. The Morgan fingerprint density at radius 3 is 2.00 bits per heavy atom. The summed E-state index contributed by atoms with van der Waals surface area (Å²) in [5, 5.41) is 10.8. The molecule has 0 amide bonds. The van der Waals surface area contributed by atoms with Crippen LogP contribution in [0.25, 0.3) is 54.2 Å². The molecule has 0 nitrogen and oxygen atoms in total. The quantitative estimate of drug-likeness (QED) is 0.168. The van der Waals surface area contributed by atoms with Crippen LogP contribution in [0.5, 0.6) is 0 Å². The third-order valence-electron chi connectivity index (χ3n) is 7.38. The van der Waals surface area contributed by atoms with Crippen LogP contribution in [-0.4, -0.2) is 0 Å². The molecule has 0 saturated heterocycles. The highest BCUT2D eigenvalue weighted by atomic mass is 14.4. The Morgan fingerprint density at radius 1 is 0.515 bits per heavy atom. The van der Waals surface area contributed by atoms with Crippen molar-refractivity contribution in [2.45, 2.75) is 33.1 Å². The third-order valence-corrected chi connectivity index (χ3v) is 7.38. The molecular formula is C33H28. The smallest absolute Gasteiger partial charge is 0.0165 e. The molecule has 0 heterocycles. The molecule has 0 atom stereocenters. The van der Waals surface area contributed by atoms with Crippen LogP contribution < -0.4 is 0 Å². The van der Waals surface area contributed by atoms with E-state index in [1.54, 1.807) is 0 Å². The van der Waals surface area contributed by atoms with Crippen molar-refractivity contribution >= 4 is 43.1 Å². The highest BCUT2D eigenvalue weighted by Crippen LogP contribution is 2.53. The Kier molecular flexibility index (Phi) is 4.35. The molecule has 0 heteroatoms. The summed E-state index contributed by atoms with van der Waals surface area (Å²) in [6, 6.07) is 36.1. The van der Waals surface area contributed by atoms with Gasteiger partial charge in [0.1, 0.15) is 0 Å². The van der Waals surface area contributed by atoms with E-state index < -0.39 is 0 Å². The molecule has 0 spiro atoms. The second kappa shape index (κ2) is 7.18. The molecule has 6 aromatic rings. The maximum Gasteiger partial charge on any atom is 0.0165 e. The standard InChI is InChI=1S/C31H22.C2H6/c1-31(2)27-17-16-24-22-11-5-3-8-19(22)14-15-25(24)29(27)26-13-7-10-21-18-20-9-4-6-12-23(20)30(31)28(21)26;1-2/h3-18H,1-2H3;1-2H3. The van der Waals surface area contributed by atoms with Gasteiger partial charge < -0.3 is 0 Å². The molecule has 0 N–H and O–H groups in total. The van der Waals surface area contributed by atoms with Gasteiger partial charge in [-0.15, -0.1) is 0 Å². The average Bonchev–Trinajstić information content (AvgIpc) is 2.86. The average molecular weight is 425 g/mol. The van der Waals surface area contributed by atoms with Gasteiger partial charge in [-0.1, -0.05) is 119 Å². The molecule has 0 saturated carbocycles. The summed E-state index contributed by atoms with van der Waals surface area (Å²) in [6.45, 7) is 8.80. The van der Waals surface area contributed by atoms with Gasteiger partial charge in [0.05, 0.1) is 0 Å². The van der Waals surface area contributed by atoms with Crippen LogP contribution in [0.1, 0.15) is 38.8 Å². The van der Waals surface area contributed by atoms with Crippen LogP contribution >= 0.6 is 0 Å². The molecule has 33 heavy (non-hydrogen) atoms. The van der Waals surface area contributed by atoms with Gasteiger partial charge in [-0.2, -0.15) is 0 Å². The van der Waals surface area contributed by atoms with E-state index in [1.807, 2.05) is 13.8 Å². The number of fused-ring (bicyclic) bond motifs is 8. The van der Waals surface area contributed by atoms with Gasteiger partial charge in [0, 0.05) is 5.41 Å². The van der Waals surface area contributed by atoms with Gasteiger partial charge in [0.15, 0.2) is 0 Å². The lowest BCUT2D eigenvalue weighted by atomic mass is 9.66. The number of benzene rings is 6. The summed E-state index contributed by atoms with van der Waals surface area (Å²) in [5.41, 5.74) is 5.58. The molecule has 1 aliphatic rings. The van der Waals surface area contributed by atoms with Crippen molar-refractivity contribution in [1.82, 2.24) is 0 Å². The Bertz CT molecular complexity index is 1700. The highest BCUT2D eigenvalue weighted by molar-refractivity contribution is 6.19. The summed E-state index contributed by atoms with van der Waals surface area (Å²) < 4.78 is 0. The summed E-state index contributed by atoms with van der Waals surface area (Å²) in [6.07, 6.45) is 0. The van der Waals surface area contributed by atoms with Crippen molar-refractivity contribution in [2.75, 3.05) is 0 Å². The Balaban J connectivity index is 0.00000101. The molecule has 0 aliphatic heterocycles. The van der Waals surface area contributed by atoms with Crippen molar-refractivity contribution in [3.8, 4) is 11.1 Å². The van der Waals surface area contributed by atoms with Gasteiger partial charge in [-0.05, 0) is 71.4 Å². The van der Waals surface area contributed by atoms with E-state index in [0.717, 1.165) is 0 Å². The maximum absolute atomic E-state index is 2.40. The summed E-state index contributed by atoms with van der Waals surface area (Å²) in [4.78, 5) is 0. The first-order chi connectivity index (χ1) is 16.1. The van der Waals surface area contributed by atoms with E-state index in [4.69, 9.17) is 0 Å². The Hall–Kier alpha value is -3.64.